The Morgan fingerprint density at radius 2 is 2.24 bits per heavy atom. The molecule has 0 aromatic heterocycles. The minimum Gasteiger partial charge on any atom is -0.496 e. The zero-order valence-electron chi connectivity index (χ0n) is 9.93. The molecular weight excluding hydrogens is 212 g/mol. The molecule has 1 aliphatic rings. The normalized spacial score (nSPS) is 15.5. The molecule has 0 N–H and O–H groups in total. The maximum Gasteiger partial charge on any atom is 0.122 e. The number of allylic oxidation sites excluding steroid dienone is 4. The summed E-state index contributed by atoms with van der Waals surface area (Å²) in [6.45, 7) is 0. The van der Waals surface area contributed by atoms with Gasteiger partial charge in [-0.05, 0) is 18.1 Å². The zero-order chi connectivity index (χ0) is 12.1. The molecule has 1 aromatic rings. The number of carbonyl (C=O) groups excluding carboxylic acids is 1. The summed E-state index contributed by atoms with van der Waals surface area (Å²) in [5.74, 6) is 0.961. The van der Waals surface area contributed by atoms with Gasteiger partial charge in [-0.15, -0.1) is 0 Å². The van der Waals surface area contributed by atoms with E-state index in [9.17, 15) is 4.79 Å². The average Bonchev–Trinajstić information content (AvgIpc) is 2.89. The van der Waals surface area contributed by atoms with Crippen LogP contribution in [0.15, 0.2) is 48.1 Å². The highest BCUT2D eigenvalue weighted by Crippen LogP contribution is 2.35. The highest BCUT2D eigenvalue weighted by atomic mass is 16.5. The summed E-state index contributed by atoms with van der Waals surface area (Å²) in [6, 6.07) is 7.89. The van der Waals surface area contributed by atoms with Gasteiger partial charge in [0.25, 0.3) is 0 Å². The first-order valence-electron chi connectivity index (χ1n) is 5.80. The molecule has 1 aromatic carbocycles. The number of hydrogen-bond acceptors (Lipinski definition) is 2. The van der Waals surface area contributed by atoms with Crippen molar-refractivity contribution >= 4 is 6.29 Å². The molecule has 2 heteroatoms. The summed E-state index contributed by atoms with van der Waals surface area (Å²) in [6.07, 6.45) is 8.81. The van der Waals surface area contributed by atoms with Gasteiger partial charge in [0.15, 0.2) is 0 Å². The van der Waals surface area contributed by atoms with E-state index in [1.54, 1.807) is 7.11 Å². The first kappa shape index (κ1) is 11.6. The van der Waals surface area contributed by atoms with Gasteiger partial charge < -0.3 is 9.53 Å². The van der Waals surface area contributed by atoms with Crippen molar-refractivity contribution in [3.63, 3.8) is 0 Å². The van der Waals surface area contributed by atoms with Crippen molar-refractivity contribution < 1.29 is 9.53 Å². The fourth-order valence-corrected chi connectivity index (χ4v) is 2.23. The Balaban J connectivity index is 2.38. The number of benzene rings is 1. The fourth-order valence-electron chi connectivity index (χ4n) is 2.23. The molecule has 0 saturated carbocycles. The lowest BCUT2D eigenvalue weighted by Gasteiger charge is -2.18. The van der Waals surface area contributed by atoms with Crippen LogP contribution in [0.25, 0.3) is 0 Å². The predicted octanol–water partition coefficient (Wildman–Crippen LogP) is 3.25. The van der Waals surface area contributed by atoms with E-state index in [0.717, 1.165) is 24.0 Å². The number of aldehydes is 1. The first-order valence-corrected chi connectivity index (χ1v) is 5.80. The van der Waals surface area contributed by atoms with Crippen molar-refractivity contribution in [2.45, 2.75) is 18.8 Å². The molecule has 2 rings (SSSR count). The summed E-state index contributed by atoms with van der Waals surface area (Å²) in [4.78, 5) is 10.9. The molecule has 0 fully saturated rings. The Morgan fingerprint density at radius 3 is 2.88 bits per heavy atom. The van der Waals surface area contributed by atoms with Crippen LogP contribution < -0.4 is 4.74 Å². The molecule has 0 unspecified atom stereocenters. The molecule has 1 aliphatic carbocycles. The molecule has 0 bridgehead atoms. The lowest BCUT2D eigenvalue weighted by molar-refractivity contribution is -0.108. The molecule has 0 saturated heterocycles. The topological polar surface area (TPSA) is 26.3 Å². The van der Waals surface area contributed by atoms with Crippen LogP contribution >= 0.6 is 0 Å². The molecule has 0 spiro atoms. The van der Waals surface area contributed by atoms with Crippen LogP contribution in [0.3, 0.4) is 0 Å². The summed E-state index contributed by atoms with van der Waals surface area (Å²) in [5.41, 5.74) is 2.29. The van der Waals surface area contributed by atoms with Crippen molar-refractivity contribution in [2.75, 3.05) is 7.11 Å². The van der Waals surface area contributed by atoms with Crippen LogP contribution in [0.1, 0.15) is 24.3 Å². The van der Waals surface area contributed by atoms with E-state index in [2.05, 4.69) is 18.2 Å². The predicted molar refractivity (Wildman–Crippen MR) is 68.3 cm³/mol. The SMILES string of the molecule is COc1ccccc1[C@H](CC=O)C1=CCC=C1. The van der Waals surface area contributed by atoms with Crippen molar-refractivity contribution in [1.82, 2.24) is 0 Å². The largest absolute Gasteiger partial charge is 0.496 e. The standard InChI is InChI=1S/C15H16O2/c1-17-15-9-5-4-8-14(15)13(10-11-16)12-6-2-3-7-12/h2,4-9,11,13H,3,10H2,1H3/t13-/m1/s1. The number of hydrogen-bond donors (Lipinski definition) is 0. The van der Waals surface area contributed by atoms with Gasteiger partial charge in [0, 0.05) is 17.9 Å². The molecule has 2 nitrogen and oxygen atoms in total. The van der Waals surface area contributed by atoms with Crippen LogP contribution in [0.5, 0.6) is 5.75 Å². The second kappa shape index (κ2) is 5.48. The minimum absolute atomic E-state index is 0.113. The van der Waals surface area contributed by atoms with Gasteiger partial charge in [-0.1, -0.05) is 36.4 Å². The highest BCUT2D eigenvalue weighted by Gasteiger charge is 2.19. The molecule has 0 aliphatic heterocycles. The van der Waals surface area contributed by atoms with Crippen LogP contribution in [-0.4, -0.2) is 13.4 Å². The summed E-state index contributed by atoms with van der Waals surface area (Å²) >= 11 is 0. The van der Waals surface area contributed by atoms with Crippen LogP contribution in [0, 0.1) is 0 Å². The van der Waals surface area contributed by atoms with E-state index in [-0.39, 0.29) is 5.92 Å². The Labute approximate surface area is 102 Å². The lowest BCUT2D eigenvalue weighted by atomic mass is 9.88. The molecule has 0 amide bonds. The smallest absolute Gasteiger partial charge is 0.122 e. The second-order valence-electron chi connectivity index (χ2n) is 4.04. The van der Waals surface area contributed by atoms with E-state index in [4.69, 9.17) is 4.74 Å². The fraction of sp³-hybridized carbons (Fsp3) is 0.267. The van der Waals surface area contributed by atoms with Crippen LogP contribution in [-0.2, 0) is 4.79 Å². The van der Waals surface area contributed by atoms with Crippen molar-refractivity contribution in [2.24, 2.45) is 0 Å². The molecule has 88 valence electrons. The van der Waals surface area contributed by atoms with E-state index >= 15 is 0 Å². The maximum absolute atomic E-state index is 10.9. The molecular formula is C15H16O2. The number of carbonyl (C=O) groups is 1. The Kier molecular flexibility index (Phi) is 3.76. The van der Waals surface area contributed by atoms with Gasteiger partial charge >= 0.3 is 0 Å². The lowest BCUT2D eigenvalue weighted by Crippen LogP contribution is -2.04. The molecule has 17 heavy (non-hydrogen) atoms. The monoisotopic (exact) mass is 228 g/mol. The van der Waals surface area contributed by atoms with E-state index in [1.165, 1.54) is 5.57 Å². The van der Waals surface area contributed by atoms with E-state index in [1.807, 2.05) is 24.3 Å². The second-order valence-corrected chi connectivity index (χ2v) is 4.04. The van der Waals surface area contributed by atoms with Gasteiger partial charge in [-0.25, -0.2) is 0 Å². The molecule has 0 heterocycles. The Bertz CT molecular complexity index is 458. The number of para-hydroxylation sites is 1. The van der Waals surface area contributed by atoms with Gasteiger partial charge in [-0.2, -0.15) is 0 Å². The maximum atomic E-state index is 10.9. The number of methoxy groups -OCH3 is 1. The molecule has 0 radical (unpaired) electrons. The van der Waals surface area contributed by atoms with Gasteiger partial charge in [0.2, 0.25) is 0 Å². The van der Waals surface area contributed by atoms with Crippen molar-refractivity contribution in [3.8, 4) is 5.75 Å². The van der Waals surface area contributed by atoms with Gasteiger partial charge in [0.1, 0.15) is 12.0 Å². The third kappa shape index (κ3) is 2.47. The summed E-state index contributed by atoms with van der Waals surface area (Å²) in [7, 11) is 1.66. The van der Waals surface area contributed by atoms with Crippen LogP contribution in [0.4, 0.5) is 0 Å². The minimum atomic E-state index is 0.113. The van der Waals surface area contributed by atoms with Crippen LogP contribution in [0.2, 0.25) is 0 Å². The van der Waals surface area contributed by atoms with Crippen molar-refractivity contribution in [3.05, 3.63) is 53.6 Å². The summed E-state index contributed by atoms with van der Waals surface area (Å²) in [5, 5.41) is 0. The number of rotatable bonds is 5. The average molecular weight is 228 g/mol. The van der Waals surface area contributed by atoms with Crippen molar-refractivity contribution in [1.29, 1.82) is 0 Å². The Hall–Kier alpha value is -1.83. The van der Waals surface area contributed by atoms with Gasteiger partial charge in [-0.3, -0.25) is 0 Å². The first-order chi connectivity index (χ1) is 8.36. The zero-order valence-corrected chi connectivity index (χ0v) is 9.93. The van der Waals surface area contributed by atoms with E-state index in [0.29, 0.717) is 6.42 Å². The molecule has 1 atom stereocenters. The van der Waals surface area contributed by atoms with E-state index < -0.39 is 0 Å². The third-order valence-corrected chi connectivity index (χ3v) is 3.05. The highest BCUT2D eigenvalue weighted by molar-refractivity contribution is 5.57. The van der Waals surface area contributed by atoms with Gasteiger partial charge in [0.05, 0.1) is 7.11 Å². The number of ether oxygens (including phenoxy) is 1. The third-order valence-electron chi connectivity index (χ3n) is 3.05. The summed E-state index contributed by atoms with van der Waals surface area (Å²) < 4.78 is 5.36. The quantitative estimate of drug-likeness (QED) is 0.723. The Morgan fingerprint density at radius 1 is 1.41 bits per heavy atom.